The van der Waals surface area contributed by atoms with Crippen LogP contribution in [0.15, 0.2) is 24.3 Å². The molecule has 0 N–H and O–H groups in total. The normalized spacial score (nSPS) is 17.3. The third kappa shape index (κ3) is 4.50. The molecule has 1 aromatic rings. The summed E-state index contributed by atoms with van der Waals surface area (Å²) < 4.78 is 38.6. The summed E-state index contributed by atoms with van der Waals surface area (Å²) in [5.41, 5.74) is -0.707. The van der Waals surface area contributed by atoms with Crippen molar-refractivity contribution in [1.82, 2.24) is 9.80 Å². The molecule has 3 nitrogen and oxygen atoms in total. The zero-order valence-corrected chi connectivity index (χ0v) is 14.4. The lowest BCUT2D eigenvalue weighted by Gasteiger charge is -2.34. The predicted octanol–water partition coefficient (Wildman–Crippen LogP) is 3.90. The molecular formula is C18H25F3N2O. The molecule has 1 unspecified atom stereocenters. The van der Waals surface area contributed by atoms with Gasteiger partial charge < -0.3 is 9.80 Å². The molecule has 1 saturated heterocycles. The third-order valence-corrected chi connectivity index (χ3v) is 4.67. The number of likely N-dealkylation sites (tertiary alicyclic amines) is 1. The van der Waals surface area contributed by atoms with Crippen molar-refractivity contribution in [3.05, 3.63) is 35.4 Å². The van der Waals surface area contributed by atoms with Crippen molar-refractivity contribution >= 4 is 5.91 Å². The van der Waals surface area contributed by atoms with Gasteiger partial charge in [0.2, 0.25) is 0 Å². The Labute approximate surface area is 141 Å². The number of amides is 1. The fourth-order valence-electron chi connectivity index (χ4n) is 3.19. The van der Waals surface area contributed by atoms with Crippen LogP contribution in [0.1, 0.15) is 42.6 Å². The van der Waals surface area contributed by atoms with Crippen LogP contribution in [0.3, 0.4) is 0 Å². The zero-order valence-electron chi connectivity index (χ0n) is 14.4. The molecule has 0 spiro atoms. The number of benzene rings is 1. The Morgan fingerprint density at radius 3 is 2.42 bits per heavy atom. The first-order valence-electron chi connectivity index (χ1n) is 8.37. The van der Waals surface area contributed by atoms with E-state index in [4.69, 9.17) is 0 Å². The lowest BCUT2D eigenvalue weighted by atomic mass is 10.0. The fraction of sp³-hybridized carbons (Fsp3) is 0.611. The monoisotopic (exact) mass is 342 g/mol. The summed E-state index contributed by atoms with van der Waals surface area (Å²) in [6, 6.07) is 4.63. The second kappa shape index (κ2) is 7.55. The van der Waals surface area contributed by atoms with E-state index >= 15 is 0 Å². The Hall–Kier alpha value is -1.56. The average Bonchev–Trinajstić information content (AvgIpc) is 3.03. The van der Waals surface area contributed by atoms with Gasteiger partial charge in [-0.25, -0.2) is 0 Å². The molecule has 1 aliphatic heterocycles. The van der Waals surface area contributed by atoms with E-state index in [1.54, 1.807) is 11.9 Å². The Balaban J connectivity index is 2.16. The molecule has 1 atom stereocenters. The number of halogens is 3. The van der Waals surface area contributed by atoms with E-state index in [1.807, 2.05) is 13.8 Å². The number of likely N-dealkylation sites (N-methyl/N-ethyl adjacent to an activating group) is 1. The van der Waals surface area contributed by atoms with E-state index in [0.717, 1.165) is 44.6 Å². The Morgan fingerprint density at radius 2 is 1.88 bits per heavy atom. The lowest BCUT2D eigenvalue weighted by molar-refractivity contribution is -0.137. The molecule has 24 heavy (non-hydrogen) atoms. The second-order valence-corrected chi connectivity index (χ2v) is 6.81. The molecule has 2 rings (SSSR count). The fourth-order valence-corrected chi connectivity index (χ4v) is 3.19. The van der Waals surface area contributed by atoms with E-state index < -0.39 is 11.7 Å². The molecule has 134 valence electrons. The number of alkyl halides is 3. The summed E-state index contributed by atoms with van der Waals surface area (Å²) in [5, 5.41) is 0. The first kappa shape index (κ1) is 18.8. The maximum absolute atomic E-state index is 12.9. The van der Waals surface area contributed by atoms with E-state index in [9.17, 15) is 18.0 Å². The van der Waals surface area contributed by atoms with Gasteiger partial charge in [0.15, 0.2) is 0 Å². The predicted molar refractivity (Wildman–Crippen MR) is 87.8 cm³/mol. The van der Waals surface area contributed by atoms with Crippen LogP contribution in [-0.2, 0) is 6.18 Å². The van der Waals surface area contributed by atoms with Gasteiger partial charge in [-0.3, -0.25) is 4.79 Å². The molecule has 6 heteroatoms. The second-order valence-electron chi connectivity index (χ2n) is 6.81. The highest BCUT2D eigenvalue weighted by Crippen LogP contribution is 2.30. The first-order chi connectivity index (χ1) is 11.2. The van der Waals surface area contributed by atoms with E-state index in [1.165, 1.54) is 12.1 Å². The van der Waals surface area contributed by atoms with Gasteiger partial charge in [-0.15, -0.1) is 0 Å². The molecular weight excluding hydrogens is 317 g/mol. The maximum Gasteiger partial charge on any atom is 0.416 e. The van der Waals surface area contributed by atoms with Crippen LogP contribution in [0.4, 0.5) is 13.2 Å². The molecule has 0 aromatic heterocycles. The van der Waals surface area contributed by atoms with Gasteiger partial charge in [-0.2, -0.15) is 13.2 Å². The molecule has 0 aliphatic carbocycles. The number of rotatable bonds is 5. The minimum atomic E-state index is -4.44. The van der Waals surface area contributed by atoms with Crippen LogP contribution in [-0.4, -0.2) is 48.4 Å². The van der Waals surface area contributed by atoms with Gasteiger partial charge in [-0.1, -0.05) is 19.9 Å². The highest BCUT2D eigenvalue weighted by atomic mass is 19.4. The highest BCUT2D eigenvalue weighted by Gasteiger charge is 2.32. The van der Waals surface area contributed by atoms with Crippen molar-refractivity contribution in [2.45, 2.75) is 38.9 Å². The molecule has 0 saturated carbocycles. The number of nitrogens with zero attached hydrogens (tertiary/aromatic N) is 2. The average molecular weight is 342 g/mol. The van der Waals surface area contributed by atoms with Crippen LogP contribution in [0.25, 0.3) is 0 Å². The topological polar surface area (TPSA) is 23.6 Å². The quantitative estimate of drug-likeness (QED) is 0.810. The summed E-state index contributed by atoms with van der Waals surface area (Å²) in [6.45, 7) is 6.88. The molecule has 1 amide bonds. The maximum atomic E-state index is 12.9. The van der Waals surface area contributed by atoms with Crippen LogP contribution in [0, 0.1) is 5.92 Å². The van der Waals surface area contributed by atoms with Crippen LogP contribution in [0.5, 0.6) is 0 Å². The van der Waals surface area contributed by atoms with Crippen molar-refractivity contribution in [2.75, 3.05) is 26.7 Å². The van der Waals surface area contributed by atoms with Gasteiger partial charge in [0.1, 0.15) is 0 Å². The Bertz CT molecular complexity index is 566. The minimum Gasteiger partial charge on any atom is -0.337 e. The van der Waals surface area contributed by atoms with Gasteiger partial charge in [-0.05, 0) is 50.0 Å². The van der Waals surface area contributed by atoms with E-state index in [2.05, 4.69) is 4.90 Å². The van der Waals surface area contributed by atoms with Crippen LogP contribution in [0.2, 0.25) is 0 Å². The highest BCUT2D eigenvalue weighted by molar-refractivity contribution is 5.94. The van der Waals surface area contributed by atoms with Gasteiger partial charge in [0.25, 0.3) is 5.91 Å². The smallest absolute Gasteiger partial charge is 0.337 e. The summed E-state index contributed by atoms with van der Waals surface area (Å²) in [7, 11) is 1.68. The number of hydrogen-bond donors (Lipinski definition) is 0. The number of carbonyl (C=O) groups is 1. The molecule has 1 aliphatic rings. The number of carbonyl (C=O) groups excluding carboxylic acids is 1. The van der Waals surface area contributed by atoms with E-state index in [0.29, 0.717) is 0 Å². The van der Waals surface area contributed by atoms with Crippen molar-refractivity contribution in [1.29, 1.82) is 0 Å². The van der Waals surface area contributed by atoms with Crippen LogP contribution >= 0.6 is 0 Å². The summed E-state index contributed by atoms with van der Waals surface area (Å²) in [4.78, 5) is 16.6. The first-order valence-corrected chi connectivity index (χ1v) is 8.37. The summed E-state index contributed by atoms with van der Waals surface area (Å²) in [6.07, 6.45) is -2.12. The van der Waals surface area contributed by atoms with Crippen molar-refractivity contribution in [3.8, 4) is 0 Å². The standard InChI is InChI=1S/C18H25F3N2O/c1-13(2)16(12-23-9-4-5-10-23)22(3)17(24)14-7-6-8-15(11-14)18(19,20)21/h6-8,11,13,16H,4-5,9-10,12H2,1-3H3. The molecule has 1 fully saturated rings. The van der Waals surface area contributed by atoms with E-state index in [-0.39, 0.29) is 23.4 Å². The van der Waals surface area contributed by atoms with Crippen molar-refractivity contribution in [2.24, 2.45) is 5.92 Å². The molecule has 0 bridgehead atoms. The Kier molecular flexibility index (Phi) is 5.91. The lowest BCUT2D eigenvalue weighted by Crippen LogP contribution is -2.47. The molecule has 1 aromatic carbocycles. The molecule has 0 radical (unpaired) electrons. The van der Waals surface area contributed by atoms with Crippen molar-refractivity contribution < 1.29 is 18.0 Å². The summed E-state index contributed by atoms with van der Waals surface area (Å²) >= 11 is 0. The largest absolute Gasteiger partial charge is 0.416 e. The number of hydrogen-bond acceptors (Lipinski definition) is 2. The van der Waals surface area contributed by atoms with Crippen molar-refractivity contribution in [3.63, 3.8) is 0 Å². The van der Waals surface area contributed by atoms with Crippen LogP contribution < -0.4 is 0 Å². The minimum absolute atomic E-state index is 0.0230. The third-order valence-electron chi connectivity index (χ3n) is 4.67. The Morgan fingerprint density at radius 1 is 1.25 bits per heavy atom. The molecule has 1 heterocycles. The SMILES string of the molecule is CC(C)C(CN1CCCC1)N(C)C(=O)c1cccc(C(F)(F)F)c1. The van der Waals surface area contributed by atoms with Gasteiger partial charge in [0, 0.05) is 25.2 Å². The van der Waals surface area contributed by atoms with Gasteiger partial charge in [0.05, 0.1) is 5.56 Å². The van der Waals surface area contributed by atoms with Gasteiger partial charge >= 0.3 is 6.18 Å². The zero-order chi connectivity index (χ0) is 17.9. The summed E-state index contributed by atoms with van der Waals surface area (Å²) in [5.74, 6) is -0.135.